The normalized spacial score (nSPS) is 16.2. The van der Waals surface area contributed by atoms with Crippen molar-refractivity contribution in [1.82, 2.24) is 14.7 Å². The molecule has 0 aliphatic carbocycles. The summed E-state index contributed by atoms with van der Waals surface area (Å²) < 4.78 is 60.8. The molecule has 1 heterocycles. The quantitative estimate of drug-likeness (QED) is 0.664. The lowest BCUT2D eigenvalue weighted by Gasteiger charge is -2.25. The van der Waals surface area contributed by atoms with Gasteiger partial charge in [0.2, 0.25) is 5.91 Å². The first-order chi connectivity index (χ1) is 14.0. The Bertz CT molecular complexity index is 853. The van der Waals surface area contributed by atoms with Gasteiger partial charge in [-0.05, 0) is 44.5 Å². The van der Waals surface area contributed by atoms with Gasteiger partial charge < -0.3 is 9.80 Å². The number of likely N-dealkylation sites (N-methyl/N-ethyl adjacent to an activating group) is 1. The van der Waals surface area contributed by atoms with Gasteiger partial charge in [0.25, 0.3) is 15.7 Å². The van der Waals surface area contributed by atoms with Crippen molar-refractivity contribution in [3.63, 3.8) is 0 Å². The summed E-state index contributed by atoms with van der Waals surface area (Å²) in [6, 6.07) is 3.77. The van der Waals surface area contributed by atoms with Crippen molar-refractivity contribution in [1.29, 1.82) is 0 Å². The summed E-state index contributed by atoms with van der Waals surface area (Å²) in [5.41, 5.74) is -5.28. The second-order valence-electron chi connectivity index (χ2n) is 6.96. The van der Waals surface area contributed by atoms with Gasteiger partial charge in [-0.25, -0.2) is 8.42 Å². The molecule has 0 saturated carbocycles. The minimum Gasteiger partial charge on any atom is -0.342 e. The average Bonchev–Trinajstić information content (AvgIpc) is 2.93. The molecule has 1 aromatic rings. The zero-order valence-electron chi connectivity index (χ0n) is 17.0. The van der Waals surface area contributed by atoms with Gasteiger partial charge in [0.05, 0.1) is 11.4 Å². The number of hydrogen-bond acceptors (Lipinski definition) is 5. The van der Waals surface area contributed by atoms with Crippen molar-refractivity contribution in [2.75, 3.05) is 45.8 Å². The van der Waals surface area contributed by atoms with Gasteiger partial charge in [-0.15, -0.1) is 0 Å². The molecule has 1 aliphatic rings. The fraction of sp³-hybridized carbons (Fsp3) is 0.579. The second-order valence-corrected chi connectivity index (χ2v) is 8.90. The smallest absolute Gasteiger partial charge is 0.342 e. The van der Waals surface area contributed by atoms with E-state index in [1.54, 1.807) is 9.80 Å². The first-order valence-corrected chi connectivity index (χ1v) is 11.2. The Labute approximate surface area is 174 Å². The van der Waals surface area contributed by atoms with Crippen LogP contribution in [0.3, 0.4) is 0 Å². The number of benzene rings is 1. The first-order valence-electron chi connectivity index (χ1n) is 9.72. The predicted molar refractivity (Wildman–Crippen MR) is 105 cm³/mol. The Balaban J connectivity index is 2.02. The lowest BCUT2D eigenvalue weighted by atomic mass is 10.2. The average molecular weight is 449 g/mol. The van der Waals surface area contributed by atoms with E-state index in [0.29, 0.717) is 45.7 Å². The third kappa shape index (κ3) is 5.51. The molecular formula is C19H26F3N3O4S. The number of carbonyl (C=O) groups is 2. The maximum absolute atomic E-state index is 12.7. The molecule has 0 N–H and O–H groups in total. The van der Waals surface area contributed by atoms with Gasteiger partial charge in [0.15, 0.2) is 0 Å². The summed E-state index contributed by atoms with van der Waals surface area (Å²) >= 11 is 0. The molecule has 2 rings (SSSR count). The highest BCUT2D eigenvalue weighted by atomic mass is 32.2. The Morgan fingerprint density at radius 1 is 1.00 bits per heavy atom. The Morgan fingerprint density at radius 3 is 2.13 bits per heavy atom. The van der Waals surface area contributed by atoms with E-state index in [1.807, 2.05) is 18.7 Å². The highest BCUT2D eigenvalue weighted by Gasteiger charge is 2.46. The van der Waals surface area contributed by atoms with Gasteiger partial charge in [-0.2, -0.15) is 13.2 Å². The van der Waals surface area contributed by atoms with Gasteiger partial charge in [-0.3, -0.25) is 14.5 Å². The number of halogens is 3. The standard InChI is InChI=1S/C19H26F3N3O4S/c1-3-24(4-2)17(26)14-23-10-5-11-25(13-12-23)18(27)15-6-8-16(9-7-15)30(28,29)19(20,21)22/h6-9H,3-5,10-14H2,1-2H3. The van der Waals surface area contributed by atoms with E-state index >= 15 is 0 Å². The lowest BCUT2D eigenvalue weighted by molar-refractivity contribution is -0.132. The predicted octanol–water partition coefficient (Wildman–Crippen LogP) is 2.00. The molecule has 168 valence electrons. The summed E-state index contributed by atoms with van der Waals surface area (Å²) in [5, 5.41) is 0. The van der Waals surface area contributed by atoms with Crippen molar-refractivity contribution in [3.8, 4) is 0 Å². The Morgan fingerprint density at radius 2 is 1.60 bits per heavy atom. The largest absolute Gasteiger partial charge is 0.501 e. The molecule has 0 radical (unpaired) electrons. The number of hydrogen-bond donors (Lipinski definition) is 0. The Kier molecular flexibility index (Phi) is 7.87. The molecule has 0 unspecified atom stereocenters. The van der Waals surface area contributed by atoms with E-state index in [4.69, 9.17) is 0 Å². The second kappa shape index (κ2) is 9.78. The van der Waals surface area contributed by atoms with Crippen LogP contribution >= 0.6 is 0 Å². The van der Waals surface area contributed by atoms with Crippen LogP contribution in [-0.4, -0.2) is 86.3 Å². The van der Waals surface area contributed by atoms with Crippen molar-refractivity contribution in [2.24, 2.45) is 0 Å². The van der Waals surface area contributed by atoms with E-state index in [1.165, 1.54) is 0 Å². The van der Waals surface area contributed by atoms with Gasteiger partial charge in [0, 0.05) is 44.8 Å². The fourth-order valence-corrected chi connectivity index (χ4v) is 4.05. The number of alkyl halides is 3. The lowest BCUT2D eigenvalue weighted by Crippen LogP contribution is -2.42. The molecule has 30 heavy (non-hydrogen) atoms. The molecule has 0 bridgehead atoms. The van der Waals surface area contributed by atoms with Crippen LogP contribution in [-0.2, 0) is 14.6 Å². The topological polar surface area (TPSA) is 78.0 Å². The van der Waals surface area contributed by atoms with Crippen LogP contribution in [0.5, 0.6) is 0 Å². The minimum atomic E-state index is -5.45. The van der Waals surface area contributed by atoms with Crippen LogP contribution in [0.25, 0.3) is 0 Å². The molecule has 11 heteroatoms. The van der Waals surface area contributed by atoms with E-state index in [0.717, 1.165) is 24.3 Å². The van der Waals surface area contributed by atoms with Gasteiger partial charge >= 0.3 is 5.51 Å². The first kappa shape index (κ1) is 24.1. The highest BCUT2D eigenvalue weighted by Crippen LogP contribution is 2.30. The number of rotatable bonds is 6. The molecule has 1 aromatic carbocycles. The highest BCUT2D eigenvalue weighted by molar-refractivity contribution is 7.92. The van der Waals surface area contributed by atoms with Crippen LogP contribution < -0.4 is 0 Å². The van der Waals surface area contributed by atoms with Crippen LogP contribution in [0, 0.1) is 0 Å². The van der Waals surface area contributed by atoms with E-state index < -0.39 is 20.2 Å². The van der Waals surface area contributed by atoms with E-state index in [2.05, 4.69) is 0 Å². The summed E-state index contributed by atoms with van der Waals surface area (Å²) in [6.45, 7) is 7.32. The van der Waals surface area contributed by atoms with Crippen LogP contribution in [0.4, 0.5) is 13.2 Å². The monoisotopic (exact) mass is 449 g/mol. The summed E-state index contributed by atoms with van der Waals surface area (Å²) in [6.07, 6.45) is 0.651. The van der Waals surface area contributed by atoms with Crippen molar-refractivity contribution in [2.45, 2.75) is 30.7 Å². The summed E-state index contributed by atoms with van der Waals surface area (Å²) in [7, 11) is -5.45. The molecule has 0 aromatic heterocycles. The molecule has 1 saturated heterocycles. The molecule has 0 atom stereocenters. The summed E-state index contributed by atoms with van der Waals surface area (Å²) in [4.78, 5) is 29.4. The van der Waals surface area contributed by atoms with E-state index in [9.17, 15) is 31.2 Å². The zero-order valence-corrected chi connectivity index (χ0v) is 17.8. The maximum atomic E-state index is 12.7. The van der Waals surface area contributed by atoms with Crippen LogP contribution in [0.1, 0.15) is 30.6 Å². The SMILES string of the molecule is CCN(CC)C(=O)CN1CCCN(C(=O)c2ccc(S(=O)(=O)C(F)(F)F)cc2)CC1. The minimum absolute atomic E-state index is 0.0289. The van der Waals surface area contributed by atoms with Crippen LogP contribution in [0.2, 0.25) is 0 Å². The third-order valence-corrected chi connectivity index (χ3v) is 6.57. The van der Waals surface area contributed by atoms with Crippen molar-refractivity contribution >= 4 is 21.7 Å². The number of carbonyl (C=O) groups excluding carboxylic acids is 2. The van der Waals surface area contributed by atoms with E-state index in [-0.39, 0.29) is 23.9 Å². The van der Waals surface area contributed by atoms with Gasteiger partial charge in [0.1, 0.15) is 0 Å². The Hall–Kier alpha value is -2.14. The molecule has 7 nitrogen and oxygen atoms in total. The molecule has 1 fully saturated rings. The van der Waals surface area contributed by atoms with Crippen molar-refractivity contribution in [3.05, 3.63) is 29.8 Å². The molecular weight excluding hydrogens is 423 g/mol. The number of sulfone groups is 1. The number of nitrogens with zero attached hydrogens (tertiary/aromatic N) is 3. The summed E-state index contributed by atoms with van der Waals surface area (Å²) in [5.74, 6) is -0.357. The maximum Gasteiger partial charge on any atom is 0.501 e. The molecule has 2 amide bonds. The number of amides is 2. The fourth-order valence-electron chi connectivity index (χ4n) is 3.29. The van der Waals surface area contributed by atoms with Gasteiger partial charge in [-0.1, -0.05) is 0 Å². The molecule has 1 aliphatic heterocycles. The zero-order chi connectivity index (χ0) is 22.5. The van der Waals surface area contributed by atoms with Crippen LogP contribution in [0.15, 0.2) is 29.2 Å². The third-order valence-electron chi connectivity index (χ3n) is 5.07. The van der Waals surface area contributed by atoms with Crippen molar-refractivity contribution < 1.29 is 31.2 Å². The molecule has 0 spiro atoms.